The number of rotatable bonds is 0. The van der Waals surface area contributed by atoms with Crippen LogP contribution in [-0.2, 0) is 29.9 Å². The molecule has 0 aliphatic heterocycles. The third-order valence-corrected chi connectivity index (χ3v) is 0. The van der Waals surface area contributed by atoms with Crippen molar-refractivity contribution in [2.24, 2.45) is 0 Å². The molecule has 0 atom stereocenters. The second-order valence-corrected chi connectivity index (χ2v) is 0. The van der Waals surface area contributed by atoms with Gasteiger partial charge in [0.15, 0.2) is 0 Å². The Hall–Kier alpha value is 1.26. The Bertz CT molecular complexity index is 8.00. The monoisotopic (exact) mass is 146 g/mol. The van der Waals surface area contributed by atoms with Crippen molar-refractivity contribution in [1.29, 1.82) is 0 Å². The summed E-state index contributed by atoms with van der Waals surface area (Å²) < 4.78 is 0. The van der Waals surface area contributed by atoms with E-state index in [0.717, 1.165) is 17.3 Å². The van der Waals surface area contributed by atoms with E-state index in [0.29, 0.717) is 0 Å². The van der Waals surface area contributed by atoms with Crippen LogP contribution in [0.2, 0.25) is 0 Å². The zero-order chi connectivity index (χ0) is 4.00. The molecular formula is CH3ClSZn. The van der Waals surface area contributed by atoms with Gasteiger partial charge in [-0.15, -0.1) is 0 Å². The molecule has 0 saturated heterocycles. The Kier molecular flexibility index (Phi) is 63.9. The first-order valence-electron chi connectivity index (χ1n) is 0.676. The average Bonchev–Trinajstić information content (AvgIpc) is 1.50. The molecular weight excluding hydrogens is 145 g/mol. The summed E-state index contributed by atoms with van der Waals surface area (Å²) in [5, 5.41) is 0. The van der Waals surface area contributed by atoms with Crippen LogP contribution in [0, 0.1) is 0 Å². The van der Waals surface area contributed by atoms with Crippen molar-refractivity contribution < 1.29 is 17.3 Å². The van der Waals surface area contributed by atoms with E-state index in [4.69, 9.17) is 9.69 Å². The van der Waals surface area contributed by atoms with E-state index in [2.05, 4.69) is 12.6 Å². The van der Waals surface area contributed by atoms with E-state index in [-0.39, 0.29) is 0 Å². The molecule has 0 saturated carbocycles. The fraction of sp³-hybridized carbons (Fsp3) is 1.00. The second-order valence-electron chi connectivity index (χ2n) is 0. The predicted molar refractivity (Wildman–Crippen MR) is 19.1 cm³/mol. The molecule has 22 valence electrons. The van der Waals surface area contributed by atoms with Crippen molar-refractivity contribution in [2.75, 3.05) is 6.26 Å². The molecule has 4 heavy (non-hydrogen) atoms. The molecule has 0 rings (SSSR count). The van der Waals surface area contributed by atoms with E-state index >= 15 is 0 Å². The van der Waals surface area contributed by atoms with Crippen molar-refractivity contribution in [3.63, 3.8) is 0 Å². The fourth-order valence-electron chi connectivity index (χ4n) is 0. The summed E-state index contributed by atoms with van der Waals surface area (Å²) in [6.07, 6.45) is 1.58. The molecule has 0 aliphatic rings. The second kappa shape index (κ2) is 28.4. The molecule has 0 bridgehead atoms. The van der Waals surface area contributed by atoms with Crippen LogP contribution in [-0.4, -0.2) is 6.26 Å². The van der Waals surface area contributed by atoms with Crippen molar-refractivity contribution in [3.8, 4) is 0 Å². The van der Waals surface area contributed by atoms with E-state index in [9.17, 15) is 0 Å². The van der Waals surface area contributed by atoms with Gasteiger partial charge in [-0.25, -0.2) is 0 Å². The average molecular weight is 148 g/mol. The van der Waals surface area contributed by atoms with Gasteiger partial charge >= 0.3 is 27.0 Å². The first kappa shape index (κ1) is 8.98. The molecule has 0 amide bonds. The van der Waals surface area contributed by atoms with Crippen LogP contribution in [0.1, 0.15) is 0 Å². The van der Waals surface area contributed by atoms with Crippen LogP contribution < -0.4 is 0 Å². The number of hydrogen-bond donors (Lipinski definition) is 0. The summed E-state index contributed by atoms with van der Waals surface area (Å²) in [5.41, 5.74) is 0. The molecule has 0 spiro atoms. The van der Waals surface area contributed by atoms with Gasteiger partial charge in [-0.3, -0.25) is 0 Å². The Balaban J connectivity index is 0. The SMILES string of the molecule is C[S-].[Cl][Zn+]. The van der Waals surface area contributed by atoms with Gasteiger partial charge in [0.2, 0.25) is 0 Å². The topological polar surface area (TPSA) is 0 Å². The quantitative estimate of drug-likeness (QED) is 0.362. The van der Waals surface area contributed by atoms with Gasteiger partial charge in [-0.05, 0) is 0 Å². The first-order chi connectivity index (χ1) is 2.00. The normalized spacial score (nSPS) is 3.25. The molecule has 0 nitrogen and oxygen atoms in total. The van der Waals surface area contributed by atoms with E-state index in [1.807, 2.05) is 0 Å². The molecule has 0 aromatic rings. The molecule has 0 radical (unpaired) electrons. The van der Waals surface area contributed by atoms with Crippen LogP contribution in [0.3, 0.4) is 0 Å². The van der Waals surface area contributed by atoms with Crippen LogP contribution in [0.4, 0.5) is 0 Å². The molecule has 0 unspecified atom stereocenters. The van der Waals surface area contributed by atoms with Crippen molar-refractivity contribution in [2.45, 2.75) is 0 Å². The van der Waals surface area contributed by atoms with Gasteiger partial charge in [-0.1, -0.05) is 0 Å². The molecule has 3 heteroatoms. The molecule has 0 aromatic heterocycles. The van der Waals surface area contributed by atoms with Gasteiger partial charge < -0.3 is 12.6 Å². The summed E-state index contributed by atoms with van der Waals surface area (Å²) in [5.74, 6) is 0. The van der Waals surface area contributed by atoms with Crippen molar-refractivity contribution >= 4 is 22.3 Å². The van der Waals surface area contributed by atoms with Gasteiger partial charge in [0.25, 0.3) is 0 Å². The standard InChI is InChI=1S/CH4S.ClH.Zn/c1-2;;/h2H,1H3;1H;/q;;+2/p-2. The summed E-state index contributed by atoms with van der Waals surface area (Å²) in [7, 11) is 4.76. The van der Waals surface area contributed by atoms with E-state index in [1.54, 1.807) is 6.26 Å². The predicted octanol–water partition coefficient (Wildman–Crippen LogP) is 0.850. The minimum absolute atomic E-state index is 0.847. The van der Waals surface area contributed by atoms with Gasteiger partial charge in [0.1, 0.15) is 0 Å². The summed E-state index contributed by atoms with van der Waals surface area (Å²) in [6, 6.07) is 0. The number of hydrogen-bond acceptors (Lipinski definition) is 1. The van der Waals surface area contributed by atoms with E-state index < -0.39 is 0 Å². The van der Waals surface area contributed by atoms with Crippen LogP contribution in [0.25, 0.3) is 0 Å². The van der Waals surface area contributed by atoms with Crippen molar-refractivity contribution in [1.82, 2.24) is 0 Å². The maximum absolute atomic E-state index is 4.76. The Morgan fingerprint density at radius 3 is 1.50 bits per heavy atom. The fourth-order valence-corrected chi connectivity index (χ4v) is 0. The Morgan fingerprint density at radius 2 is 1.50 bits per heavy atom. The molecule has 0 heterocycles. The third-order valence-electron chi connectivity index (χ3n) is 0. The zero-order valence-electron chi connectivity index (χ0n) is 2.49. The van der Waals surface area contributed by atoms with Gasteiger partial charge in [0, 0.05) is 0 Å². The third kappa shape index (κ3) is 10.5. The summed E-state index contributed by atoms with van der Waals surface area (Å²) in [6.45, 7) is 0. The maximum atomic E-state index is 4.76. The summed E-state index contributed by atoms with van der Waals surface area (Å²) >= 11 is 4.93. The number of halogens is 1. The molecule has 0 N–H and O–H groups in total. The van der Waals surface area contributed by atoms with Gasteiger partial charge in [0.05, 0.1) is 0 Å². The van der Waals surface area contributed by atoms with Crippen LogP contribution in [0.5, 0.6) is 0 Å². The zero-order valence-corrected chi connectivity index (χ0v) is 7.03. The van der Waals surface area contributed by atoms with Gasteiger partial charge in [-0.2, -0.15) is 6.26 Å². The minimum atomic E-state index is 0.847. The Morgan fingerprint density at radius 1 is 1.50 bits per heavy atom. The summed E-state index contributed by atoms with van der Waals surface area (Å²) in [4.78, 5) is 0. The van der Waals surface area contributed by atoms with Crippen molar-refractivity contribution in [3.05, 3.63) is 0 Å². The van der Waals surface area contributed by atoms with Crippen LogP contribution >= 0.6 is 9.69 Å². The Labute approximate surface area is 46.0 Å². The molecule has 0 fully saturated rings. The first-order valence-corrected chi connectivity index (χ1v) is 5.39. The molecule has 0 aliphatic carbocycles. The van der Waals surface area contributed by atoms with E-state index in [1.165, 1.54) is 0 Å². The molecule has 0 aromatic carbocycles. The van der Waals surface area contributed by atoms with Crippen LogP contribution in [0.15, 0.2) is 0 Å².